The Kier molecular flexibility index (Phi) is 9.91. The monoisotopic (exact) mass is 577 g/mol. The van der Waals surface area contributed by atoms with Crippen LogP contribution in [0.1, 0.15) is 16.7 Å². The predicted molar refractivity (Wildman–Crippen MR) is 155 cm³/mol. The number of amides is 1. The van der Waals surface area contributed by atoms with Gasteiger partial charge in [-0.1, -0.05) is 72.3 Å². The first kappa shape index (κ1) is 28.8. The maximum Gasteiger partial charge on any atom is 0.255 e. The molecule has 0 aliphatic heterocycles. The highest BCUT2D eigenvalue weighted by Gasteiger charge is 2.26. The lowest BCUT2D eigenvalue weighted by atomic mass is 10.2. The van der Waals surface area contributed by atoms with Crippen molar-refractivity contribution in [3.63, 3.8) is 0 Å². The number of carbonyl (C=O) groups is 1. The van der Waals surface area contributed by atoms with E-state index in [0.29, 0.717) is 34.3 Å². The smallest absolute Gasteiger partial charge is 0.255 e. The molecule has 0 saturated carbocycles. The van der Waals surface area contributed by atoms with Crippen LogP contribution < -0.4 is 14.9 Å². The summed E-state index contributed by atoms with van der Waals surface area (Å²) in [7, 11) is -2.43. The molecule has 10 heteroatoms. The van der Waals surface area contributed by atoms with Crippen molar-refractivity contribution >= 4 is 33.7 Å². The molecule has 0 aromatic heterocycles. The van der Waals surface area contributed by atoms with Gasteiger partial charge in [-0.05, 0) is 59.2 Å². The minimum Gasteiger partial charge on any atom is -0.493 e. The van der Waals surface area contributed by atoms with Gasteiger partial charge in [-0.15, -0.1) is 0 Å². The van der Waals surface area contributed by atoms with Gasteiger partial charge in [0, 0.05) is 11.6 Å². The highest BCUT2D eigenvalue weighted by molar-refractivity contribution is 7.89. The van der Waals surface area contributed by atoms with Crippen LogP contribution in [0.15, 0.2) is 113 Å². The average molecular weight is 578 g/mol. The summed E-state index contributed by atoms with van der Waals surface area (Å²) in [5, 5.41) is 4.54. The Morgan fingerprint density at radius 1 is 0.900 bits per heavy atom. The Balaban J connectivity index is 1.42. The first-order chi connectivity index (χ1) is 19.3. The molecule has 4 aromatic rings. The Hall–Kier alpha value is -4.18. The van der Waals surface area contributed by atoms with Crippen LogP contribution in [0.4, 0.5) is 0 Å². The van der Waals surface area contributed by atoms with Crippen LogP contribution in [-0.2, 0) is 28.0 Å². The van der Waals surface area contributed by atoms with E-state index in [1.165, 1.54) is 25.5 Å². The molecule has 0 aliphatic rings. The van der Waals surface area contributed by atoms with Gasteiger partial charge in [0.1, 0.15) is 6.61 Å². The highest BCUT2D eigenvalue weighted by atomic mass is 35.5. The number of methoxy groups -OCH3 is 1. The van der Waals surface area contributed by atoms with Crippen molar-refractivity contribution in [2.45, 2.75) is 18.0 Å². The van der Waals surface area contributed by atoms with E-state index in [0.717, 1.165) is 9.87 Å². The molecular weight excluding hydrogens is 550 g/mol. The lowest BCUT2D eigenvalue weighted by molar-refractivity contribution is -0.121. The molecule has 4 aromatic carbocycles. The van der Waals surface area contributed by atoms with E-state index < -0.39 is 22.5 Å². The van der Waals surface area contributed by atoms with Crippen molar-refractivity contribution in [1.82, 2.24) is 9.73 Å². The quantitative estimate of drug-likeness (QED) is 0.183. The topological polar surface area (TPSA) is 97.3 Å². The van der Waals surface area contributed by atoms with E-state index in [9.17, 15) is 13.2 Å². The maximum atomic E-state index is 13.3. The molecule has 0 bridgehead atoms. The molecule has 0 atom stereocenters. The van der Waals surface area contributed by atoms with Gasteiger partial charge in [-0.25, -0.2) is 13.8 Å². The lowest BCUT2D eigenvalue weighted by Gasteiger charge is -2.21. The third kappa shape index (κ3) is 7.92. The number of benzene rings is 4. The molecule has 0 saturated heterocycles. The van der Waals surface area contributed by atoms with Gasteiger partial charge in [0.05, 0.1) is 24.8 Å². The molecule has 40 heavy (non-hydrogen) atoms. The zero-order chi connectivity index (χ0) is 28.4. The van der Waals surface area contributed by atoms with Gasteiger partial charge in [0.25, 0.3) is 5.91 Å². The molecule has 1 N–H and O–H groups in total. The van der Waals surface area contributed by atoms with E-state index in [4.69, 9.17) is 21.1 Å². The van der Waals surface area contributed by atoms with Gasteiger partial charge >= 0.3 is 0 Å². The second-order valence-corrected chi connectivity index (χ2v) is 11.1. The van der Waals surface area contributed by atoms with Crippen LogP contribution in [0, 0.1) is 0 Å². The van der Waals surface area contributed by atoms with Crippen LogP contribution in [0.2, 0.25) is 5.02 Å². The van der Waals surface area contributed by atoms with Crippen LogP contribution in [0.25, 0.3) is 0 Å². The van der Waals surface area contributed by atoms with Crippen molar-refractivity contribution in [1.29, 1.82) is 0 Å². The summed E-state index contributed by atoms with van der Waals surface area (Å²) >= 11 is 5.97. The third-order valence-corrected chi connectivity index (χ3v) is 7.86. The van der Waals surface area contributed by atoms with Gasteiger partial charge in [0.2, 0.25) is 10.0 Å². The fourth-order valence-electron chi connectivity index (χ4n) is 3.75. The Morgan fingerprint density at radius 2 is 1.57 bits per heavy atom. The van der Waals surface area contributed by atoms with Crippen LogP contribution in [0.5, 0.6) is 11.5 Å². The first-order valence-electron chi connectivity index (χ1n) is 12.3. The standard InChI is InChI=1S/C30H28ClN3O5S/c1-38-29-18-25(14-17-28(29)39-22-24-8-4-2-5-9-24)19-32-33-30(35)21-34(20-23-12-15-26(31)16-13-23)40(36,37)27-10-6-3-7-11-27/h2-19H,20-22H2,1H3,(H,33,35)/b32-19-. The average Bonchev–Trinajstić information content (AvgIpc) is 2.98. The molecule has 0 heterocycles. The number of sulfonamides is 1. The molecule has 0 fully saturated rings. The van der Waals surface area contributed by atoms with E-state index in [-0.39, 0.29) is 11.4 Å². The van der Waals surface area contributed by atoms with Crippen molar-refractivity contribution in [3.05, 3.63) is 125 Å². The van der Waals surface area contributed by atoms with E-state index >= 15 is 0 Å². The van der Waals surface area contributed by atoms with E-state index in [1.54, 1.807) is 60.7 Å². The number of ether oxygens (including phenoxy) is 2. The molecule has 0 unspecified atom stereocenters. The van der Waals surface area contributed by atoms with Crippen LogP contribution >= 0.6 is 11.6 Å². The summed E-state index contributed by atoms with van der Waals surface area (Å²) in [4.78, 5) is 12.9. The molecule has 0 radical (unpaired) electrons. The number of halogens is 1. The normalized spacial score (nSPS) is 11.5. The van der Waals surface area contributed by atoms with Crippen LogP contribution in [-0.4, -0.2) is 38.5 Å². The van der Waals surface area contributed by atoms with Crippen LogP contribution in [0.3, 0.4) is 0 Å². The minimum absolute atomic E-state index is 0.0207. The van der Waals surface area contributed by atoms with Crippen molar-refractivity contribution in [2.24, 2.45) is 5.10 Å². The van der Waals surface area contributed by atoms with Crippen molar-refractivity contribution in [2.75, 3.05) is 13.7 Å². The van der Waals surface area contributed by atoms with Gasteiger partial charge in [-0.2, -0.15) is 9.41 Å². The fraction of sp³-hybridized carbons (Fsp3) is 0.133. The summed E-state index contributed by atoms with van der Waals surface area (Å²) in [5.74, 6) is 0.477. The Bertz CT molecular complexity index is 1550. The summed E-state index contributed by atoms with van der Waals surface area (Å²) in [6, 6.07) is 29.7. The molecule has 1 amide bonds. The first-order valence-corrected chi connectivity index (χ1v) is 14.1. The summed E-state index contributed by atoms with van der Waals surface area (Å²) in [5.41, 5.74) is 4.77. The lowest BCUT2D eigenvalue weighted by Crippen LogP contribution is -2.39. The maximum absolute atomic E-state index is 13.3. The second-order valence-electron chi connectivity index (χ2n) is 8.69. The number of nitrogens with zero attached hydrogens (tertiary/aromatic N) is 2. The number of rotatable bonds is 12. The number of nitrogens with one attached hydrogen (secondary N) is 1. The number of carbonyl (C=O) groups excluding carboxylic acids is 1. The predicted octanol–water partition coefficient (Wildman–Crippen LogP) is 5.27. The molecule has 0 spiro atoms. The fourth-order valence-corrected chi connectivity index (χ4v) is 5.29. The molecule has 8 nitrogen and oxygen atoms in total. The number of hydrogen-bond acceptors (Lipinski definition) is 6. The Labute approximate surface area is 238 Å². The highest BCUT2D eigenvalue weighted by Crippen LogP contribution is 2.28. The van der Waals surface area contributed by atoms with Crippen molar-refractivity contribution in [3.8, 4) is 11.5 Å². The van der Waals surface area contributed by atoms with Gasteiger partial charge in [-0.3, -0.25) is 4.79 Å². The zero-order valence-corrected chi connectivity index (χ0v) is 23.3. The number of hydrazone groups is 1. The minimum atomic E-state index is -3.96. The summed E-state index contributed by atoms with van der Waals surface area (Å²) in [6.07, 6.45) is 1.44. The molecule has 4 rings (SSSR count). The molecule has 0 aliphatic carbocycles. The second kappa shape index (κ2) is 13.7. The summed E-state index contributed by atoms with van der Waals surface area (Å²) < 4.78 is 39.1. The van der Waals surface area contributed by atoms with E-state index in [1.807, 2.05) is 30.3 Å². The SMILES string of the molecule is COc1cc(/C=N\NC(=O)CN(Cc2ccc(Cl)cc2)S(=O)(=O)c2ccccc2)ccc1OCc1ccccc1. The van der Waals surface area contributed by atoms with E-state index in [2.05, 4.69) is 10.5 Å². The van der Waals surface area contributed by atoms with Crippen molar-refractivity contribution < 1.29 is 22.7 Å². The third-order valence-electron chi connectivity index (χ3n) is 5.80. The van der Waals surface area contributed by atoms with Gasteiger partial charge in [0.15, 0.2) is 11.5 Å². The molecule has 206 valence electrons. The Morgan fingerprint density at radius 3 is 2.25 bits per heavy atom. The van der Waals surface area contributed by atoms with Gasteiger partial charge < -0.3 is 9.47 Å². The molecular formula is C30H28ClN3O5S. The zero-order valence-electron chi connectivity index (χ0n) is 21.7. The largest absolute Gasteiger partial charge is 0.493 e. The number of hydrogen-bond donors (Lipinski definition) is 1. The summed E-state index contributed by atoms with van der Waals surface area (Å²) in [6.45, 7) is -0.0704.